The minimum absolute atomic E-state index is 0.609. The zero-order chi connectivity index (χ0) is 8.97. The molecule has 62 valence electrons. The van der Waals surface area contributed by atoms with Crippen molar-refractivity contribution in [2.45, 2.75) is 0 Å². The molecule has 0 N–H and O–H groups in total. The Labute approximate surface area is 72.2 Å². The summed E-state index contributed by atoms with van der Waals surface area (Å²) in [6.07, 6.45) is 0. The van der Waals surface area contributed by atoms with Gasteiger partial charge in [0.1, 0.15) is 5.76 Å². The lowest BCUT2D eigenvalue weighted by atomic mass is 10.1. The van der Waals surface area contributed by atoms with Gasteiger partial charge in [-0.1, -0.05) is 18.7 Å². The lowest BCUT2D eigenvalue weighted by Gasteiger charge is -2.06. The molecule has 2 nitrogen and oxygen atoms in total. The average Bonchev–Trinajstić information content (AvgIpc) is 2.16. The van der Waals surface area contributed by atoms with Crippen molar-refractivity contribution in [3.8, 4) is 0 Å². The van der Waals surface area contributed by atoms with Crippen molar-refractivity contribution < 1.29 is 4.74 Å². The molecule has 0 fully saturated rings. The van der Waals surface area contributed by atoms with Crippen LogP contribution in [0.25, 0.3) is 5.76 Å². The Kier molecular flexibility index (Phi) is 2.64. The van der Waals surface area contributed by atoms with Crippen LogP contribution in [0.15, 0.2) is 35.8 Å². The molecule has 1 aromatic rings. The molecule has 0 radical (unpaired) electrons. The first-order valence-corrected chi connectivity index (χ1v) is 3.58. The number of methoxy groups -OCH3 is 1. The lowest BCUT2D eigenvalue weighted by molar-refractivity contribution is 0.371. The Morgan fingerprint density at radius 2 is 2.08 bits per heavy atom. The highest BCUT2D eigenvalue weighted by atomic mass is 16.5. The van der Waals surface area contributed by atoms with E-state index in [4.69, 9.17) is 4.74 Å². The van der Waals surface area contributed by atoms with E-state index in [0.717, 1.165) is 11.3 Å². The summed E-state index contributed by atoms with van der Waals surface area (Å²) in [5.41, 5.74) is 1.68. The van der Waals surface area contributed by atoms with Gasteiger partial charge < -0.3 is 4.74 Å². The summed E-state index contributed by atoms with van der Waals surface area (Å²) in [4.78, 5) is 3.85. The topological polar surface area (TPSA) is 21.6 Å². The maximum atomic E-state index is 5.00. The third-order valence-electron chi connectivity index (χ3n) is 1.62. The monoisotopic (exact) mass is 161 g/mol. The number of ether oxygens (including phenoxy) is 1. The van der Waals surface area contributed by atoms with Crippen molar-refractivity contribution in [2.75, 3.05) is 7.11 Å². The first kappa shape index (κ1) is 8.53. The Hall–Kier alpha value is -1.57. The van der Waals surface area contributed by atoms with Gasteiger partial charge in [0.15, 0.2) is 0 Å². The summed E-state index contributed by atoms with van der Waals surface area (Å²) in [6, 6.07) is 7.58. The predicted molar refractivity (Wildman–Crippen MR) is 51.7 cm³/mol. The Balaban J connectivity index is 3.13. The van der Waals surface area contributed by atoms with Gasteiger partial charge in [-0.05, 0) is 18.9 Å². The largest absolute Gasteiger partial charge is 0.497 e. The smallest absolute Gasteiger partial charge is 0.121 e. The van der Waals surface area contributed by atoms with Crippen molar-refractivity contribution in [3.05, 3.63) is 36.4 Å². The summed E-state index contributed by atoms with van der Waals surface area (Å²) < 4.78 is 5.00. The standard InChI is InChI=1S/C10H11NO/c1-8(12-3)9-6-4-5-7-10(9)11-2/h4-7H,1-2H2,3H3. The second kappa shape index (κ2) is 3.72. The molecule has 0 aliphatic heterocycles. The number of rotatable bonds is 3. The molecule has 0 heterocycles. The number of nitrogens with zero attached hydrogens (tertiary/aromatic N) is 1. The molecule has 0 saturated carbocycles. The molecule has 0 atom stereocenters. The predicted octanol–water partition coefficient (Wildman–Crippen LogP) is 2.64. The summed E-state index contributed by atoms with van der Waals surface area (Å²) >= 11 is 0. The molecule has 12 heavy (non-hydrogen) atoms. The third kappa shape index (κ3) is 1.53. The molecular weight excluding hydrogens is 150 g/mol. The van der Waals surface area contributed by atoms with Crippen LogP contribution in [0.5, 0.6) is 0 Å². The lowest BCUT2D eigenvalue weighted by Crippen LogP contribution is -1.84. The van der Waals surface area contributed by atoms with E-state index in [1.165, 1.54) is 0 Å². The van der Waals surface area contributed by atoms with Gasteiger partial charge in [0.05, 0.1) is 12.8 Å². The van der Waals surface area contributed by atoms with E-state index in [2.05, 4.69) is 18.3 Å². The second-order valence-electron chi connectivity index (χ2n) is 2.30. The molecule has 1 rings (SSSR count). The van der Waals surface area contributed by atoms with Crippen LogP contribution in [0.4, 0.5) is 5.69 Å². The summed E-state index contributed by atoms with van der Waals surface area (Å²) in [6.45, 7) is 7.20. The zero-order valence-corrected chi connectivity index (χ0v) is 7.08. The molecule has 0 aliphatic carbocycles. The number of aliphatic imine (C=N–C) groups is 1. The first-order chi connectivity index (χ1) is 5.79. The Morgan fingerprint density at radius 3 is 2.67 bits per heavy atom. The first-order valence-electron chi connectivity index (χ1n) is 3.58. The van der Waals surface area contributed by atoms with Crippen LogP contribution >= 0.6 is 0 Å². The van der Waals surface area contributed by atoms with Crippen LogP contribution in [-0.4, -0.2) is 13.8 Å². The molecule has 0 bridgehead atoms. The van der Waals surface area contributed by atoms with E-state index < -0.39 is 0 Å². The fourth-order valence-electron chi connectivity index (χ4n) is 0.957. The minimum atomic E-state index is 0.609. The van der Waals surface area contributed by atoms with E-state index in [-0.39, 0.29) is 0 Å². The molecular formula is C10H11NO. The summed E-state index contributed by atoms with van der Waals surface area (Å²) in [7, 11) is 1.59. The number of hydrogen-bond donors (Lipinski definition) is 0. The molecule has 0 aromatic heterocycles. The van der Waals surface area contributed by atoms with Crippen molar-refractivity contribution in [1.29, 1.82) is 0 Å². The summed E-state index contributed by atoms with van der Waals surface area (Å²) in [5.74, 6) is 0.609. The Morgan fingerprint density at radius 1 is 1.42 bits per heavy atom. The highest BCUT2D eigenvalue weighted by molar-refractivity contribution is 5.70. The van der Waals surface area contributed by atoms with Crippen LogP contribution < -0.4 is 0 Å². The average molecular weight is 161 g/mol. The quantitative estimate of drug-likeness (QED) is 0.493. The van der Waals surface area contributed by atoms with Crippen LogP contribution in [-0.2, 0) is 4.74 Å². The van der Waals surface area contributed by atoms with Crippen LogP contribution in [0.2, 0.25) is 0 Å². The van der Waals surface area contributed by atoms with Crippen molar-refractivity contribution >= 4 is 18.2 Å². The molecule has 0 unspecified atom stereocenters. The van der Waals surface area contributed by atoms with Gasteiger partial charge in [0.25, 0.3) is 0 Å². The van der Waals surface area contributed by atoms with Crippen LogP contribution in [0.1, 0.15) is 5.56 Å². The van der Waals surface area contributed by atoms with E-state index in [9.17, 15) is 0 Å². The van der Waals surface area contributed by atoms with Gasteiger partial charge in [0, 0.05) is 5.56 Å². The zero-order valence-electron chi connectivity index (χ0n) is 7.08. The SMILES string of the molecule is C=Nc1ccccc1C(=C)OC. The number of hydrogen-bond acceptors (Lipinski definition) is 2. The maximum Gasteiger partial charge on any atom is 0.121 e. The van der Waals surface area contributed by atoms with Crippen molar-refractivity contribution in [1.82, 2.24) is 0 Å². The van der Waals surface area contributed by atoms with Crippen molar-refractivity contribution in [2.24, 2.45) is 4.99 Å². The molecule has 0 saturated heterocycles. The number of benzene rings is 1. The van der Waals surface area contributed by atoms with E-state index in [1.54, 1.807) is 7.11 Å². The van der Waals surface area contributed by atoms with Gasteiger partial charge in [-0.15, -0.1) is 0 Å². The van der Waals surface area contributed by atoms with E-state index in [1.807, 2.05) is 24.3 Å². The van der Waals surface area contributed by atoms with Gasteiger partial charge in [-0.2, -0.15) is 0 Å². The van der Waals surface area contributed by atoms with E-state index >= 15 is 0 Å². The van der Waals surface area contributed by atoms with E-state index in [0.29, 0.717) is 5.76 Å². The highest BCUT2D eigenvalue weighted by Gasteiger charge is 2.02. The molecule has 0 spiro atoms. The highest BCUT2D eigenvalue weighted by Crippen LogP contribution is 2.24. The number of para-hydroxylation sites is 1. The van der Waals surface area contributed by atoms with Gasteiger partial charge in [0.2, 0.25) is 0 Å². The molecule has 0 aliphatic rings. The Bertz CT molecular complexity index is 304. The second-order valence-corrected chi connectivity index (χ2v) is 2.30. The fourth-order valence-corrected chi connectivity index (χ4v) is 0.957. The third-order valence-corrected chi connectivity index (χ3v) is 1.62. The van der Waals surface area contributed by atoms with Crippen LogP contribution in [0, 0.1) is 0 Å². The normalized spacial score (nSPS) is 9.08. The van der Waals surface area contributed by atoms with Crippen molar-refractivity contribution in [3.63, 3.8) is 0 Å². The molecule has 0 amide bonds. The fraction of sp³-hybridized carbons (Fsp3) is 0.100. The van der Waals surface area contributed by atoms with Gasteiger partial charge in [-0.3, -0.25) is 4.99 Å². The maximum absolute atomic E-state index is 5.00. The van der Waals surface area contributed by atoms with Crippen LogP contribution in [0.3, 0.4) is 0 Å². The summed E-state index contributed by atoms with van der Waals surface area (Å²) in [5, 5.41) is 0. The molecule has 2 heteroatoms. The van der Waals surface area contributed by atoms with Gasteiger partial charge >= 0.3 is 0 Å². The minimum Gasteiger partial charge on any atom is -0.497 e. The molecule has 1 aromatic carbocycles. The van der Waals surface area contributed by atoms with Gasteiger partial charge in [-0.25, -0.2) is 0 Å².